The predicted molar refractivity (Wildman–Crippen MR) is 68.1 cm³/mol. The Bertz CT molecular complexity index is 552. The lowest BCUT2D eigenvalue weighted by Crippen LogP contribution is -2.47. The number of carbonyl (C=O) groups is 1. The molecular weight excluding hydrogens is 270 g/mol. The van der Waals surface area contributed by atoms with Gasteiger partial charge in [0.2, 0.25) is 5.91 Å². The van der Waals surface area contributed by atoms with Crippen LogP contribution in [0.15, 0.2) is 10.6 Å². The fourth-order valence-electron chi connectivity index (χ4n) is 1.98. The van der Waals surface area contributed by atoms with Crippen molar-refractivity contribution in [3.8, 4) is 0 Å². The van der Waals surface area contributed by atoms with Gasteiger partial charge in [-0.15, -0.1) is 0 Å². The van der Waals surface area contributed by atoms with Crippen LogP contribution in [0.5, 0.6) is 0 Å². The first-order chi connectivity index (χ1) is 8.94. The fourth-order valence-corrected chi connectivity index (χ4v) is 3.42. The largest absolute Gasteiger partial charge is 0.359 e. The summed E-state index contributed by atoms with van der Waals surface area (Å²) in [6.07, 6.45) is 0.145. The number of carbonyl (C=O) groups excluding carboxylic acids is 1. The highest BCUT2D eigenvalue weighted by atomic mass is 32.2. The molecule has 19 heavy (non-hydrogen) atoms. The molecule has 2 heterocycles. The van der Waals surface area contributed by atoms with Gasteiger partial charge in [0.15, 0.2) is 15.6 Å². The molecule has 1 atom stereocenters. The minimum absolute atomic E-state index is 0.0157. The number of nitrogens with zero attached hydrogens (tertiary/aromatic N) is 1. The van der Waals surface area contributed by atoms with E-state index in [2.05, 4.69) is 15.8 Å². The van der Waals surface area contributed by atoms with Crippen LogP contribution >= 0.6 is 0 Å². The summed E-state index contributed by atoms with van der Waals surface area (Å²) in [4.78, 5) is 11.7. The van der Waals surface area contributed by atoms with Crippen LogP contribution < -0.4 is 10.6 Å². The van der Waals surface area contributed by atoms with Gasteiger partial charge in [0, 0.05) is 25.1 Å². The molecule has 1 aromatic heterocycles. The molecule has 7 nitrogen and oxygen atoms in total. The van der Waals surface area contributed by atoms with Gasteiger partial charge in [0.05, 0.1) is 23.7 Å². The molecule has 1 aliphatic heterocycles. The third-order valence-electron chi connectivity index (χ3n) is 2.87. The van der Waals surface area contributed by atoms with Crippen molar-refractivity contribution in [1.29, 1.82) is 0 Å². The summed E-state index contributed by atoms with van der Waals surface area (Å²) in [6, 6.07) is 1.43. The minimum atomic E-state index is -3.01. The van der Waals surface area contributed by atoms with Gasteiger partial charge in [-0.05, 0) is 6.92 Å². The average molecular weight is 287 g/mol. The Morgan fingerprint density at radius 3 is 3.05 bits per heavy atom. The normalized spacial score (nSPS) is 22.1. The maximum Gasteiger partial charge on any atom is 0.221 e. The zero-order chi connectivity index (χ0) is 13.9. The van der Waals surface area contributed by atoms with E-state index in [1.54, 1.807) is 13.0 Å². The highest BCUT2D eigenvalue weighted by Gasteiger charge is 2.25. The topological polar surface area (TPSA) is 101 Å². The molecule has 2 N–H and O–H groups in total. The van der Waals surface area contributed by atoms with Crippen LogP contribution in [-0.2, 0) is 21.2 Å². The Balaban J connectivity index is 1.78. The number of amides is 1. The summed E-state index contributed by atoms with van der Waals surface area (Å²) in [5.41, 5.74) is 0.754. The number of hydrogen-bond acceptors (Lipinski definition) is 6. The molecule has 2 rings (SSSR count). The lowest BCUT2D eigenvalue weighted by Gasteiger charge is -2.22. The van der Waals surface area contributed by atoms with Gasteiger partial charge in [-0.25, -0.2) is 8.42 Å². The summed E-state index contributed by atoms with van der Waals surface area (Å²) in [5.74, 6) is 0.531. The van der Waals surface area contributed by atoms with Crippen molar-refractivity contribution in [1.82, 2.24) is 15.8 Å². The Morgan fingerprint density at radius 1 is 1.63 bits per heavy atom. The lowest BCUT2D eigenvalue weighted by atomic mass is 10.2. The molecule has 1 fully saturated rings. The van der Waals surface area contributed by atoms with Crippen molar-refractivity contribution in [2.24, 2.45) is 0 Å². The van der Waals surface area contributed by atoms with E-state index in [4.69, 9.17) is 4.52 Å². The first-order valence-corrected chi connectivity index (χ1v) is 7.89. The first-order valence-electron chi connectivity index (χ1n) is 6.07. The molecule has 0 saturated carbocycles. The molecule has 0 aliphatic carbocycles. The van der Waals surface area contributed by atoms with Crippen LogP contribution in [0.2, 0.25) is 0 Å². The zero-order valence-corrected chi connectivity index (χ0v) is 11.5. The Hall–Kier alpha value is -1.41. The molecule has 1 aromatic rings. The van der Waals surface area contributed by atoms with Crippen molar-refractivity contribution < 1.29 is 17.7 Å². The standard InChI is InChI=1S/C11H17N3O4S/c1-8-4-10(18-14-8)6-13-11(15)5-9-7-19(16,17)3-2-12-9/h4,9,12H,2-3,5-7H2,1H3,(H,13,15). The zero-order valence-electron chi connectivity index (χ0n) is 10.7. The highest BCUT2D eigenvalue weighted by Crippen LogP contribution is 2.06. The molecule has 0 radical (unpaired) electrons. The number of aromatic nitrogens is 1. The maximum absolute atomic E-state index is 11.7. The van der Waals surface area contributed by atoms with Crippen LogP contribution in [0, 0.1) is 6.92 Å². The Kier molecular flexibility index (Phi) is 4.20. The van der Waals surface area contributed by atoms with Crippen molar-refractivity contribution in [3.63, 3.8) is 0 Å². The molecule has 1 unspecified atom stereocenters. The molecule has 106 valence electrons. The van der Waals surface area contributed by atoms with Gasteiger partial charge in [0.25, 0.3) is 0 Å². The van der Waals surface area contributed by atoms with Gasteiger partial charge >= 0.3 is 0 Å². The van der Waals surface area contributed by atoms with Crippen molar-refractivity contribution >= 4 is 15.7 Å². The molecular formula is C11H17N3O4S. The minimum Gasteiger partial charge on any atom is -0.359 e. The number of rotatable bonds is 4. The van der Waals surface area contributed by atoms with Gasteiger partial charge in [-0.2, -0.15) is 0 Å². The molecule has 0 spiro atoms. The summed E-state index contributed by atoms with van der Waals surface area (Å²) >= 11 is 0. The molecule has 1 aliphatic rings. The molecule has 1 amide bonds. The number of nitrogens with one attached hydrogen (secondary N) is 2. The van der Waals surface area contributed by atoms with Gasteiger partial charge in [-0.3, -0.25) is 4.79 Å². The first kappa shape index (κ1) is 14.0. The van der Waals surface area contributed by atoms with E-state index >= 15 is 0 Å². The summed E-state index contributed by atoms with van der Waals surface area (Å²) in [5, 5.41) is 9.42. The van der Waals surface area contributed by atoms with Crippen LogP contribution in [0.4, 0.5) is 0 Å². The van der Waals surface area contributed by atoms with Crippen molar-refractivity contribution in [2.45, 2.75) is 25.9 Å². The average Bonchev–Trinajstić information content (AvgIpc) is 2.71. The van der Waals surface area contributed by atoms with Crippen molar-refractivity contribution in [3.05, 3.63) is 17.5 Å². The number of sulfone groups is 1. The van der Waals surface area contributed by atoms with E-state index in [1.165, 1.54) is 0 Å². The fraction of sp³-hybridized carbons (Fsp3) is 0.636. The number of aryl methyl sites for hydroxylation is 1. The van der Waals surface area contributed by atoms with E-state index < -0.39 is 9.84 Å². The number of hydrogen-bond donors (Lipinski definition) is 2. The van der Waals surface area contributed by atoms with Crippen molar-refractivity contribution in [2.75, 3.05) is 18.1 Å². The lowest BCUT2D eigenvalue weighted by molar-refractivity contribution is -0.121. The van der Waals surface area contributed by atoms with E-state index in [1.807, 2.05) is 0 Å². The maximum atomic E-state index is 11.7. The summed E-state index contributed by atoms with van der Waals surface area (Å²) in [6.45, 7) is 2.46. The van der Waals surface area contributed by atoms with Gasteiger partial charge in [-0.1, -0.05) is 5.16 Å². The van der Waals surface area contributed by atoms with Gasteiger partial charge in [0.1, 0.15) is 0 Å². The van der Waals surface area contributed by atoms with Crippen LogP contribution in [0.1, 0.15) is 17.9 Å². The second-order valence-corrected chi connectivity index (χ2v) is 6.91. The Morgan fingerprint density at radius 2 is 2.42 bits per heavy atom. The summed E-state index contributed by atoms with van der Waals surface area (Å²) in [7, 11) is -3.01. The van der Waals surface area contributed by atoms with Crippen LogP contribution in [-0.4, -0.2) is 43.6 Å². The molecule has 1 saturated heterocycles. The third-order valence-corrected chi connectivity index (χ3v) is 4.61. The second kappa shape index (κ2) is 5.70. The monoisotopic (exact) mass is 287 g/mol. The van der Waals surface area contributed by atoms with Crippen LogP contribution in [0.25, 0.3) is 0 Å². The third kappa shape index (κ3) is 4.32. The van der Waals surface area contributed by atoms with Crippen LogP contribution in [0.3, 0.4) is 0 Å². The smallest absolute Gasteiger partial charge is 0.221 e. The molecule has 8 heteroatoms. The molecule has 0 aromatic carbocycles. The second-order valence-electron chi connectivity index (χ2n) is 4.68. The SMILES string of the molecule is Cc1cc(CNC(=O)CC2CS(=O)(=O)CCN2)on1. The predicted octanol–water partition coefficient (Wildman–Crippen LogP) is -0.624. The molecule has 0 bridgehead atoms. The Labute approximate surface area is 111 Å². The summed E-state index contributed by atoms with van der Waals surface area (Å²) < 4.78 is 27.8. The van der Waals surface area contributed by atoms with E-state index in [9.17, 15) is 13.2 Å². The van der Waals surface area contributed by atoms with E-state index in [0.29, 0.717) is 12.3 Å². The quantitative estimate of drug-likeness (QED) is 0.765. The highest BCUT2D eigenvalue weighted by molar-refractivity contribution is 7.91. The van der Waals surface area contributed by atoms with E-state index in [0.717, 1.165) is 5.69 Å². The van der Waals surface area contributed by atoms with Gasteiger partial charge < -0.3 is 15.2 Å². The van der Waals surface area contributed by atoms with E-state index in [-0.39, 0.29) is 36.4 Å².